The monoisotopic (exact) mass is 236 g/mol. The summed E-state index contributed by atoms with van der Waals surface area (Å²) in [6, 6.07) is 5.74. The van der Waals surface area contributed by atoms with Gasteiger partial charge >= 0.3 is 5.97 Å². The van der Waals surface area contributed by atoms with Gasteiger partial charge in [0.15, 0.2) is 0 Å². The number of amides is 1. The first-order valence-corrected chi connectivity index (χ1v) is 5.40. The molecule has 1 amide bonds. The minimum Gasteiger partial charge on any atom is -0.478 e. The molecule has 0 saturated carbocycles. The van der Waals surface area contributed by atoms with Crippen LogP contribution in [0.1, 0.15) is 22.8 Å². The summed E-state index contributed by atoms with van der Waals surface area (Å²) in [6.07, 6.45) is 0.395. The van der Waals surface area contributed by atoms with Crippen molar-refractivity contribution in [2.45, 2.75) is 19.4 Å². The number of carbonyl (C=O) groups is 2. The van der Waals surface area contributed by atoms with Crippen LogP contribution in [0.15, 0.2) is 24.3 Å². The molecule has 0 fully saturated rings. The zero-order valence-electron chi connectivity index (χ0n) is 9.64. The summed E-state index contributed by atoms with van der Waals surface area (Å²) in [5.74, 6) is -1.17. The van der Waals surface area contributed by atoms with Crippen LogP contribution >= 0.6 is 0 Å². The molecule has 92 valence electrons. The van der Waals surface area contributed by atoms with E-state index in [1.54, 1.807) is 12.1 Å². The summed E-state index contributed by atoms with van der Waals surface area (Å²) >= 11 is 0. The van der Waals surface area contributed by atoms with Crippen molar-refractivity contribution < 1.29 is 14.7 Å². The Morgan fingerprint density at radius 3 is 2.41 bits per heavy atom. The second-order valence-electron chi connectivity index (χ2n) is 3.71. The van der Waals surface area contributed by atoms with Crippen LogP contribution < -0.4 is 11.1 Å². The van der Waals surface area contributed by atoms with Gasteiger partial charge in [0.1, 0.15) is 0 Å². The molecule has 0 saturated heterocycles. The molecule has 17 heavy (non-hydrogen) atoms. The third-order valence-electron chi connectivity index (χ3n) is 2.34. The predicted octanol–water partition coefficient (Wildman–Crippen LogP) is 0.391. The summed E-state index contributed by atoms with van der Waals surface area (Å²) in [4.78, 5) is 22.0. The van der Waals surface area contributed by atoms with Crippen LogP contribution in [0.5, 0.6) is 0 Å². The van der Waals surface area contributed by atoms with Crippen LogP contribution in [-0.2, 0) is 11.2 Å². The highest BCUT2D eigenvalue weighted by Crippen LogP contribution is 2.06. The lowest BCUT2D eigenvalue weighted by Gasteiger charge is -2.11. The molecule has 1 rings (SSSR count). The lowest BCUT2D eigenvalue weighted by Crippen LogP contribution is -2.41. The summed E-state index contributed by atoms with van der Waals surface area (Å²) in [5, 5.41) is 11.4. The van der Waals surface area contributed by atoms with Gasteiger partial charge in [-0.2, -0.15) is 0 Å². The molecule has 0 aliphatic rings. The summed E-state index contributed by atoms with van der Waals surface area (Å²) in [6.45, 7) is 2.37. The highest BCUT2D eigenvalue weighted by atomic mass is 16.4. The third-order valence-corrected chi connectivity index (χ3v) is 2.34. The van der Waals surface area contributed by atoms with Crippen molar-refractivity contribution in [2.24, 2.45) is 5.73 Å². The van der Waals surface area contributed by atoms with Crippen molar-refractivity contribution in [2.75, 3.05) is 6.54 Å². The predicted molar refractivity (Wildman–Crippen MR) is 63.8 cm³/mol. The van der Waals surface area contributed by atoms with Gasteiger partial charge in [-0.05, 0) is 31.0 Å². The fourth-order valence-electron chi connectivity index (χ4n) is 1.44. The van der Waals surface area contributed by atoms with Crippen molar-refractivity contribution >= 4 is 11.9 Å². The second kappa shape index (κ2) is 6.00. The number of nitrogens with one attached hydrogen (secondary N) is 1. The topological polar surface area (TPSA) is 92.4 Å². The minimum atomic E-state index is -0.968. The van der Waals surface area contributed by atoms with E-state index in [9.17, 15) is 9.59 Å². The maximum Gasteiger partial charge on any atom is 0.335 e. The fourth-order valence-corrected chi connectivity index (χ4v) is 1.44. The quantitative estimate of drug-likeness (QED) is 0.689. The Morgan fingerprint density at radius 2 is 1.94 bits per heavy atom. The number of nitrogens with two attached hydrogens (primary N) is 1. The van der Waals surface area contributed by atoms with Gasteiger partial charge in [-0.3, -0.25) is 4.79 Å². The lowest BCUT2D eigenvalue weighted by molar-refractivity contribution is -0.122. The van der Waals surface area contributed by atoms with Crippen LogP contribution in [-0.4, -0.2) is 29.6 Å². The Balaban J connectivity index is 2.63. The molecule has 1 aromatic rings. The van der Waals surface area contributed by atoms with E-state index in [2.05, 4.69) is 5.32 Å². The Morgan fingerprint density at radius 1 is 1.35 bits per heavy atom. The fraction of sp³-hybridized carbons (Fsp3) is 0.333. The first kappa shape index (κ1) is 13.2. The number of hydrogen-bond donors (Lipinski definition) is 3. The highest BCUT2D eigenvalue weighted by molar-refractivity contribution is 5.87. The summed E-state index contributed by atoms with van der Waals surface area (Å²) in [7, 11) is 0. The molecule has 0 aromatic heterocycles. The molecule has 4 N–H and O–H groups in total. The van der Waals surface area contributed by atoms with E-state index < -0.39 is 12.0 Å². The number of carbonyl (C=O) groups excluding carboxylic acids is 1. The number of aromatic carboxylic acids is 1. The maximum absolute atomic E-state index is 11.4. The van der Waals surface area contributed by atoms with Crippen molar-refractivity contribution in [1.29, 1.82) is 0 Å². The molecule has 1 atom stereocenters. The molecule has 1 unspecified atom stereocenters. The molecular formula is C12H16N2O3. The van der Waals surface area contributed by atoms with Crippen molar-refractivity contribution in [3.63, 3.8) is 0 Å². The van der Waals surface area contributed by atoms with E-state index in [1.807, 2.05) is 6.92 Å². The average molecular weight is 236 g/mol. The highest BCUT2D eigenvalue weighted by Gasteiger charge is 2.13. The van der Waals surface area contributed by atoms with Gasteiger partial charge in [0, 0.05) is 6.54 Å². The van der Waals surface area contributed by atoms with Gasteiger partial charge in [-0.15, -0.1) is 0 Å². The molecule has 5 nitrogen and oxygen atoms in total. The zero-order chi connectivity index (χ0) is 12.8. The molecule has 1 aromatic carbocycles. The number of benzene rings is 1. The molecule has 5 heteroatoms. The van der Waals surface area contributed by atoms with E-state index in [-0.39, 0.29) is 11.5 Å². The van der Waals surface area contributed by atoms with Crippen molar-refractivity contribution in [3.8, 4) is 0 Å². The van der Waals surface area contributed by atoms with E-state index in [4.69, 9.17) is 10.8 Å². The first-order chi connectivity index (χ1) is 8.04. The SMILES string of the molecule is CCNC(=O)C(N)Cc1ccc(C(=O)O)cc1. The first-order valence-electron chi connectivity index (χ1n) is 5.40. The molecule has 0 aliphatic heterocycles. The molecule has 0 aliphatic carbocycles. The van der Waals surface area contributed by atoms with Crippen molar-refractivity contribution in [1.82, 2.24) is 5.32 Å². The van der Waals surface area contributed by atoms with Crippen LogP contribution in [0, 0.1) is 0 Å². The normalized spacial score (nSPS) is 11.9. The van der Waals surface area contributed by atoms with Crippen LogP contribution in [0.25, 0.3) is 0 Å². The molecule has 0 spiro atoms. The molecular weight excluding hydrogens is 220 g/mol. The van der Waals surface area contributed by atoms with Crippen LogP contribution in [0.3, 0.4) is 0 Å². The van der Waals surface area contributed by atoms with Gasteiger partial charge in [-0.1, -0.05) is 12.1 Å². The maximum atomic E-state index is 11.4. The third kappa shape index (κ3) is 3.88. The Bertz CT molecular complexity index is 401. The van der Waals surface area contributed by atoms with Crippen LogP contribution in [0.2, 0.25) is 0 Å². The average Bonchev–Trinajstić information content (AvgIpc) is 2.30. The number of carboxylic acid groups (broad SMARTS) is 1. The van der Waals surface area contributed by atoms with Gasteiger partial charge in [-0.25, -0.2) is 4.79 Å². The van der Waals surface area contributed by atoms with Gasteiger partial charge < -0.3 is 16.2 Å². The van der Waals surface area contributed by atoms with E-state index in [0.29, 0.717) is 13.0 Å². The van der Waals surface area contributed by atoms with Crippen LogP contribution in [0.4, 0.5) is 0 Å². The zero-order valence-corrected chi connectivity index (χ0v) is 9.64. The number of rotatable bonds is 5. The van der Waals surface area contributed by atoms with Gasteiger partial charge in [0.2, 0.25) is 5.91 Å². The molecule has 0 bridgehead atoms. The number of hydrogen-bond acceptors (Lipinski definition) is 3. The lowest BCUT2D eigenvalue weighted by atomic mass is 10.0. The number of carboxylic acids is 1. The standard InChI is InChI=1S/C12H16N2O3/c1-2-14-11(15)10(13)7-8-3-5-9(6-4-8)12(16)17/h3-6,10H,2,7,13H2,1H3,(H,14,15)(H,16,17). The van der Waals surface area contributed by atoms with Gasteiger partial charge in [0.05, 0.1) is 11.6 Å². The van der Waals surface area contributed by atoms with Gasteiger partial charge in [0.25, 0.3) is 0 Å². The second-order valence-corrected chi connectivity index (χ2v) is 3.71. The Labute approximate surface area is 99.6 Å². The summed E-state index contributed by atoms with van der Waals surface area (Å²) in [5.41, 5.74) is 6.77. The Kier molecular flexibility index (Phi) is 4.66. The largest absolute Gasteiger partial charge is 0.478 e. The summed E-state index contributed by atoms with van der Waals surface area (Å²) < 4.78 is 0. The number of likely N-dealkylation sites (N-methyl/N-ethyl adjacent to an activating group) is 1. The molecule has 0 radical (unpaired) electrons. The molecule has 0 heterocycles. The smallest absolute Gasteiger partial charge is 0.335 e. The van der Waals surface area contributed by atoms with Crippen molar-refractivity contribution in [3.05, 3.63) is 35.4 Å². The van der Waals surface area contributed by atoms with E-state index in [0.717, 1.165) is 5.56 Å². The Hall–Kier alpha value is -1.88. The van der Waals surface area contributed by atoms with E-state index in [1.165, 1.54) is 12.1 Å². The minimum absolute atomic E-state index is 0.199. The van der Waals surface area contributed by atoms with E-state index >= 15 is 0 Å².